The van der Waals surface area contributed by atoms with Crippen molar-refractivity contribution in [3.63, 3.8) is 0 Å². The summed E-state index contributed by atoms with van der Waals surface area (Å²) >= 11 is 0. The molecule has 0 saturated carbocycles. The Morgan fingerprint density at radius 2 is 2.25 bits per heavy atom. The first-order valence-corrected chi connectivity index (χ1v) is 5.67. The second-order valence-electron chi connectivity index (χ2n) is 4.27. The van der Waals surface area contributed by atoms with Gasteiger partial charge in [-0.2, -0.15) is 0 Å². The minimum atomic E-state index is -0.263. The van der Waals surface area contributed by atoms with Crippen LogP contribution < -0.4 is 5.32 Å². The molecule has 86 valence electrons. The quantitative estimate of drug-likeness (QED) is 0.616. The minimum Gasteiger partial charge on any atom is -0.310 e. The molecular weight excluding hydrogens is 204 g/mol. The van der Waals surface area contributed by atoms with E-state index in [1.807, 2.05) is 12.1 Å². The highest BCUT2D eigenvalue weighted by molar-refractivity contribution is 5.48. The summed E-state index contributed by atoms with van der Waals surface area (Å²) in [7, 11) is 0. The molecule has 16 heavy (non-hydrogen) atoms. The lowest BCUT2D eigenvalue weighted by atomic mass is 9.94. The Bertz CT molecular complexity index is 398. The molecule has 0 aliphatic carbocycles. The largest absolute Gasteiger partial charge is 0.310 e. The molecule has 4 nitrogen and oxygen atoms in total. The average Bonchev–Trinajstić information content (AvgIpc) is 2.29. The van der Waals surface area contributed by atoms with Crippen LogP contribution in [0.4, 0.5) is 5.69 Å². The molecule has 1 unspecified atom stereocenters. The summed E-state index contributed by atoms with van der Waals surface area (Å²) in [5, 5.41) is 14.4. The van der Waals surface area contributed by atoms with Gasteiger partial charge in [-0.1, -0.05) is 24.6 Å². The summed E-state index contributed by atoms with van der Waals surface area (Å²) in [5.41, 5.74) is 1.86. The van der Waals surface area contributed by atoms with Crippen LogP contribution in [0.25, 0.3) is 0 Å². The van der Waals surface area contributed by atoms with Crippen molar-refractivity contribution < 1.29 is 4.92 Å². The molecule has 2 rings (SSSR count). The zero-order valence-corrected chi connectivity index (χ0v) is 9.40. The van der Waals surface area contributed by atoms with E-state index >= 15 is 0 Å². The van der Waals surface area contributed by atoms with Crippen molar-refractivity contribution in [1.82, 2.24) is 5.32 Å². The van der Waals surface area contributed by atoms with Gasteiger partial charge in [0.2, 0.25) is 0 Å². The van der Waals surface area contributed by atoms with Gasteiger partial charge in [-0.05, 0) is 26.3 Å². The van der Waals surface area contributed by atoms with E-state index in [0.29, 0.717) is 0 Å². The van der Waals surface area contributed by atoms with Crippen molar-refractivity contribution in [1.29, 1.82) is 0 Å². The molecule has 1 saturated heterocycles. The summed E-state index contributed by atoms with van der Waals surface area (Å²) in [6.07, 6.45) is 3.29. The van der Waals surface area contributed by atoms with Crippen molar-refractivity contribution in [3.8, 4) is 0 Å². The van der Waals surface area contributed by atoms with Crippen LogP contribution in [0.2, 0.25) is 0 Å². The van der Waals surface area contributed by atoms with Gasteiger partial charge in [-0.25, -0.2) is 0 Å². The normalized spacial score (nSPS) is 20.7. The molecule has 1 atom stereocenters. The molecular formula is C12H16N2O2. The summed E-state index contributed by atoms with van der Waals surface area (Å²) in [5.74, 6) is 0. The highest BCUT2D eigenvalue weighted by atomic mass is 16.6. The van der Waals surface area contributed by atoms with Crippen LogP contribution in [0.3, 0.4) is 0 Å². The average molecular weight is 220 g/mol. The zero-order chi connectivity index (χ0) is 11.5. The monoisotopic (exact) mass is 220 g/mol. The van der Waals surface area contributed by atoms with Gasteiger partial charge in [0.15, 0.2) is 0 Å². The molecule has 0 spiro atoms. The number of nitrogens with zero attached hydrogens (tertiary/aromatic N) is 1. The second kappa shape index (κ2) is 4.61. The lowest BCUT2D eigenvalue weighted by Crippen LogP contribution is -2.27. The topological polar surface area (TPSA) is 55.2 Å². The third-order valence-corrected chi connectivity index (χ3v) is 3.14. The van der Waals surface area contributed by atoms with E-state index in [0.717, 1.165) is 36.9 Å². The van der Waals surface area contributed by atoms with Crippen molar-refractivity contribution in [2.24, 2.45) is 0 Å². The Kier molecular flexibility index (Phi) is 3.19. The van der Waals surface area contributed by atoms with Gasteiger partial charge in [0.1, 0.15) is 0 Å². The number of nitro groups is 1. The first-order valence-electron chi connectivity index (χ1n) is 5.67. The smallest absolute Gasteiger partial charge is 0.277 e. The second-order valence-corrected chi connectivity index (χ2v) is 4.27. The summed E-state index contributed by atoms with van der Waals surface area (Å²) in [6, 6.07) is 5.71. The van der Waals surface area contributed by atoms with Crippen molar-refractivity contribution >= 4 is 5.69 Å². The fourth-order valence-corrected chi connectivity index (χ4v) is 2.33. The van der Waals surface area contributed by atoms with Gasteiger partial charge in [0.25, 0.3) is 5.69 Å². The van der Waals surface area contributed by atoms with Crippen LogP contribution in [0.5, 0.6) is 0 Å². The van der Waals surface area contributed by atoms with Crippen LogP contribution >= 0.6 is 0 Å². The number of nitro benzene ring substituents is 1. The van der Waals surface area contributed by atoms with Gasteiger partial charge in [0.05, 0.1) is 4.92 Å². The fraction of sp³-hybridized carbons (Fsp3) is 0.500. The number of hydrogen-bond donors (Lipinski definition) is 1. The van der Waals surface area contributed by atoms with Gasteiger partial charge >= 0.3 is 0 Å². The zero-order valence-electron chi connectivity index (χ0n) is 9.40. The number of rotatable bonds is 2. The Balaban J connectivity index is 2.38. The van der Waals surface area contributed by atoms with E-state index in [4.69, 9.17) is 0 Å². The molecule has 1 aliphatic rings. The molecule has 0 amide bonds. The molecule has 1 N–H and O–H groups in total. The maximum Gasteiger partial charge on any atom is 0.277 e. The number of nitrogens with one attached hydrogen (secondary N) is 1. The molecule has 4 heteroatoms. The molecule has 1 aliphatic heterocycles. The highest BCUT2D eigenvalue weighted by Crippen LogP contribution is 2.32. The van der Waals surface area contributed by atoms with Gasteiger partial charge in [-0.3, -0.25) is 10.1 Å². The first-order chi connectivity index (χ1) is 7.70. The van der Waals surface area contributed by atoms with Crippen molar-refractivity contribution in [2.75, 3.05) is 6.54 Å². The molecule has 0 bridgehead atoms. The summed E-state index contributed by atoms with van der Waals surface area (Å²) in [6.45, 7) is 2.75. The van der Waals surface area contributed by atoms with Crippen molar-refractivity contribution in [2.45, 2.75) is 32.2 Å². The van der Waals surface area contributed by atoms with E-state index in [1.165, 1.54) is 0 Å². The predicted octanol–water partition coefficient (Wildman–Crippen LogP) is 2.72. The maximum absolute atomic E-state index is 11.1. The number of aryl methyl sites for hydroxylation is 1. The van der Waals surface area contributed by atoms with Gasteiger partial charge in [-0.15, -0.1) is 0 Å². The number of piperidine rings is 1. The van der Waals surface area contributed by atoms with Crippen LogP contribution in [-0.2, 0) is 0 Å². The van der Waals surface area contributed by atoms with E-state index in [2.05, 4.69) is 5.32 Å². The van der Waals surface area contributed by atoms with Crippen LogP contribution in [0, 0.1) is 17.0 Å². The predicted molar refractivity (Wildman–Crippen MR) is 62.4 cm³/mol. The molecule has 1 fully saturated rings. The Labute approximate surface area is 94.8 Å². The number of benzene rings is 1. The molecule has 0 aromatic heterocycles. The van der Waals surface area contributed by atoms with Gasteiger partial charge in [0, 0.05) is 17.2 Å². The van der Waals surface area contributed by atoms with Crippen LogP contribution in [0.1, 0.15) is 36.4 Å². The Morgan fingerprint density at radius 3 is 2.88 bits per heavy atom. The fourth-order valence-electron chi connectivity index (χ4n) is 2.33. The van der Waals surface area contributed by atoms with E-state index < -0.39 is 0 Å². The SMILES string of the molecule is Cc1cccc(C2CCCCN2)c1[N+](=O)[O-]. The third-order valence-electron chi connectivity index (χ3n) is 3.14. The molecule has 1 aromatic carbocycles. The summed E-state index contributed by atoms with van der Waals surface area (Å²) in [4.78, 5) is 10.8. The Morgan fingerprint density at radius 1 is 1.44 bits per heavy atom. The molecule has 1 heterocycles. The molecule has 1 aromatic rings. The first kappa shape index (κ1) is 11.1. The van der Waals surface area contributed by atoms with E-state index in [-0.39, 0.29) is 16.7 Å². The lowest BCUT2D eigenvalue weighted by Gasteiger charge is -2.23. The van der Waals surface area contributed by atoms with E-state index in [9.17, 15) is 10.1 Å². The minimum absolute atomic E-state index is 0.147. The number of hydrogen-bond acceptors (Lipinski definition) is 3. The van der Waals surface area contributed by atoms with Crippen molar-refractivity contribution in [3.05, 3.63) is 39.4 Å². The van der Waals surface area contributed by atoms with E-state index in [1.54, 1.807) is 13.0 Å². The third kappa shape index (κ3) is 2.07. The standard InChI is InChI=1S/C12H16N2O2/c1-9-5-4-6-10(12(9)14(15)16)11-7-2-3-8-13-11/h4-6,11,13H,2-3,7-8H2,1H3. The molecule has 0 radical (unpaired) electrons. The highest BCUT2D eigenvalue weighted by Gasteiger charge is 2.24. The van der Waals surface area contributed by atoms with Gasteiger partial charge < -0.3 is 5.32 Å². The Hall–Kier alpha value is -1.42. The lowest BCUT2D eigenvalue weighted by molar-refractivity contribution is -0.386. The maximum atomic E-state index is 11.1. The van der Waals surface area contributed by atoms with Crippen LogP contribution in [-0.4, -0.2) is 11.5 Å². The van der Waals surface area contributed by atoms with Crippen LogP contribution in [0.15, 0.2) is 18.2 Å². The number of para-hydroxylation sites is 1. The summed E-state index contributed by atoms with van der Waals surface area (Å²) < 4.78 is 0.